The van der Waals surface area contributed by atoms with Crippen LogP contribution in [0.4, 0.5) is 0 Å². The number of hydrogen-bond acceptors (Lipinski definition) is 7. The number of nitriles is 1. The number of rotatable bonds is 6. The van der Waals surface area contributed by atoms with E-state index < -0.39 is 0 Å². The van der Waals surface area contributed by atoms with E-state index in [1.807, 2.05) is 18.2 Å². The predicted molar refractivity (Wildman–Crippen MR) is 104 cm³/mol. The molecule has 7 nitrogen and oxygen atoms in total. The van der Waals surface area contributed by atoms with Crippen molar-refractivity contribution in [2.24, 2.45) is 0 Å². The van der Waals surface area contributed by atoms with Gasteiger partial charge in [-0.05, 0) is 24.3 Å². The zero-order valence-corrected chi connectivity index (χ0v) is 16.0. The summed E-state index contributed by atoms with van der Waals surface area (Å²) in [5, 5.41) is 9.76. The van der Waals surface area contributed by atoms with Gasteiger partial charge in [0.2, 0.25) is 5.88 Å². The molecule has 0 N–H and O–H groups in total. The van der Waals surface area contributed by atoms with E-state index >= 15 is 0 Å². The highest BCUT2D eigenvalue weighted by molar-refractivity contribution is 5.82. The van der Waals surface area contributed by atoms with Crippen LogP contribution in [-0.4, -0.2) is 38.4 Å². The minimum absolute atomic E-state index is 0.206. The van der Waals surface area contributed by atoms with E-state index in [0.717, 1.165) is 0 Å². The fourth-order valence-corrected chi connectivity index (χ4v) is 2.88. The Balaban J connectivity index is 2.33. The zero-order chi connectivity index (χ0) is 20.1. The molecule has 0 radical (unpaired) electrons. The standard InChI is InChI=1S/C21H19N3O4/c1-25-18-11-20(27-3)19(26-2)10-14(18)13-9-17(16-7-5-6-8-23-16)24-21(28-4)15(13)12-22/h5-11H,1-4H3. The Bertz CT molecular complexity index is 1030. The number of ether oxygens (including phenoxy) is 4. The van der Waals surface area contributed by atoms with Crippen LogP contribution in [0.25, 0.3) is 22.5 Å². The lowest BCUT2D eigenvalue weighted by atomic mass is 9.98. The second-order valence-electron chi connectivity index (χ2n) is 5.67. The van der Waals surface area contributed by atoms with E-state index in [-0.39, 0.29) is 11.4 Å². The van der Waals surface area contributed by atoms with Crippen LogP contribution in [-0.2, 0) is 0 Å². The van der Waals surface area contributed by atoms with Crippen LogP contribution in [0.15, 0.2) is 42.6 Å². The van der Waals surface area contributed by atoms with E-state index in [0.29, 0.717) is 39.8 Å². The van der Waals surface area contributed by atoms with Gasteiger partial charge in [0.25, 0.3) is 0 Å². The molecule has 0 aliphatic carbocycles. The van der Waals surface area contributed by atoms with E-state index in [9.17, 15) is 5.26 Å². The van der Waals surface area contributed by atoms with Crippen LogP contribution < -0.4 is 18.9 Å². The van der Waals surface area contributed by atoms with Crippen molar-refractivity contribution in [3.63, 3.8) is 0 Å². The first-order chi connectivity index (χ1) is 13.7. The topological polar surface area (TPSA) is 86.5 Å². The van der Waals surface area contributed by atoms with Crippen LogP contribution in [0.3, 0.4) is 0 Å². The largest absolute Gasteiger partial charge is 0.496 e. The average Bonchev–Trinajstić information content (AvgIpc) is 2.77. The lowest BCUT2D eigenvalue weighted by Gasteiger charge is -2.16. The van der Waals surface area contributed by atoms with Crippen LogP contribution in [0.5, 0.6) is 23.1 Å². The summed E-state index contributed by atoms with van der Waals surface area (Å²) in [6, 6.07) is 13.0. The van der Waals surface area contributed by atoms with Crippen molar-refractivity contribution >= 4 is 0 Å². The molecule has 1 aromatic carbocycles. The summed E-state index contributed by atoms with van der Waals surface area (Å²) < 4.78 is 21.7. The normalized spacial score (nSPS) is 10.1. The maximum atomic E-state index is 9.76. The highest BCUT2D eigenvalue weighted by atomic mass is 16.5. The summed E-state index contributed by atoms with van der Waals surface area (Å²) in [5.41, 5.74) is 2.75. The van der Waals surface area contributed by atoms with Gasteiger partial charge in [-0.15, -0.1) is 0 Å². The van der Waals surface area contributed by atoms with E-state index in [4.69, 9.17) is 18.9 Å². The Hall–Kier alpha value is -3.79. The van der Waals surface area contributed by atoms with Crippen LogP contribution >= 0.6 is 0 Å². The summed E-state index contributed by atoms with van der Waals surface area (Å²) in [6.07, 6.45) is 1.68. The van der Waals surface area contributed by atoms with Crippen LogP contribution in [0.2, 0.25) is 0 Å². The predicted octanol–water partition coefficient (Wildman–Crippen LogP) is 3.72. The fraction of sp³-hybridized carbons (Fsp3) is 0.190. The molecule has 3 rings (SSSR count). The molecule has 2 heterocycles. The molecule has 0 amide bonds. The molecule has 0 saturated carbocycles. The molecule has 7 heteroatoms. The van der Waals surface area contributed by atoms with Crippen molar-refractivity contribution in [1.82, 2.24) is 9.97 Å². The zero-order valence-electron chi connectivity index (χ0n) is 16.0. The molecule has 0 unspecified atom stereocenters. The maximum absolute atomic E-state index is 9.76. The van der Waals surface area contributed by atoms with Crippen molar-refractivity contribution in [2.75, 3.05) is 28.4 Å². The van der Waals surface area contributed by atoms with E-state index in [1.165, 1.54) is 7.11 Å². The van der Waals surface area contributed by atoms with Crippen molar-refractivity contribution in [3.8, 4) is 51.7 Å². The molecule has 0 aliphatic heterocycles. The van der Waals surface area contributed by atoms with Gasteiger partial charge in [-0.3, -0.25) is 4.98 Å². The molecule has 3 aromatic rings. The molecule has 0 atom stereocenters. The highest BCUT2D eigenvalue weighted by Gasteiger charge is 2.21. The van der Waals surface area contributed by atoms with Gasteiger partial charge in [-0.2, -0.15) is 5.26 Å². The van der Waals surface area contributed by atoms with Gasteiger partial charge in [0.05, 0.1) is 39.8 Å². The second-order valence-corrected chi connectivity index (χ2v) is 5.67. The van der Waals surface area contributed by atoms with Crippen molar-refractivity contribution in [3.05, 3.63) is 48.2 Å². The minimum atomic E-state index is 0.206. The van der Waals surface area contributed by atoms with Gasteiger partial charge < -0.3 is 18.9 Å². The molecule has 0 fully saturated rings. The van der Waals surface area contributed by atoms with Crippen LogP contribution in [0.1, 0.15) is 5.56 Å². The number of nitrogens with zero attached hydrogens (tertiary/aromatic N) is 3. The number of aromatic nitrogens is 2. The Morgan fingerprint density at radius 3 is 2.07 bits per heavy atom. The minimum Gasteiger partial charge on any atom is -0.496 e. The Kier molecular flexibility index (Phi) is 5.61. The molecule has 0 aliphatic rings. The summed E-state index contributed by atoms with van der Waals surface area (Å²) in [5.74, 6) is 1.76. The van der Waals surface area contributed by atoms with Gasteiger partial charge in [-0.1, -0.05) is 6.07 Å². The first-order valence-corrected chi connectivity index (χ1v) is 8.37. The van der Waals surface area contributed by atoms with Gasteiger partial charge >= 0.3 is 0 Å². The summed E-state index contributed by atoms with van der Waals surface area (Å²) >= 11 is 0. The number of benzene rings is 1. The third kappa shape index (κ3) is 3.40. The fourth-order valence-electron chi connectivity index (χ4n) is 2.88. The van der Waals surface area contributed by atoms with Crippen molar-refractivity contribution < 1.29 is 18.9 Å². The summed E-state index contributed by atoms with van der Waals surface area (Å²) in [6.45, 7) is 0. The third-order valence-electron chi connectivity index (χ3n) is 4.21. The number of hydrogen-bond donors (Lipinski definition) is 0. The van der Waals surface area contributed by atoms with Gasteiger partial charge in [0.1, 0.15) is 17.4 Å². The monoisotopic (exact) mass is 377 g/mol. The maximum Gasteiger partial charge on any atom is 0.232 e. The molecule has 2 aromatic heterocycles. The summed E-state index contributed by atoms with van der Waals surface area (Å²) in [7, 11) is 6.12. The van der Waals surface area contributed by atoms with Gasteiger partial charge in [0, 0.05) is 23.4 Å². The van der Waals surface area contributed by atoms with Gasteiger partial charge in [-0.25, -0.2) is 4.98 Å². The quantitative estimate of drug-likeness (QED) is 0.647. The first kappa shape index (κ1) is 19.0. The molecule has 28 heavy (non-hydrogen) atoms. The average molecular weight is 377 g/mol. The van der Waals surface area contributed by atoms with Crippen LogP contribution in [0, 0.1) is 11.3 Å². The van der Waals surface area contributed by atoms with E-state index in [1.54, 1.807) is 45.7 Å². The first-order valence-electron chi connectivity index (χ1n) is 8.37. The Morgan fingerprint density at radius 1 is 0.786 bits per heavy atom. The lowest BCUT2D eigenvalue weighted by molar-refractivity contribution is 0.349. The Morgan fingerprint density at radius 2 is 1.50 bits per heavy atom. The molecule has 0 bridgehead atoms. The van der Waals surface area contributed by atoms with Crippen molar-refractivity contribution in [2.45, 2.75) is 0 Å². The molecule has 0 saturated heterocycles. The number of pyridine rings is 2. The molecular weight excluding hydrogens is 358 g/mol. The Labute approximate surface area is 163 Å². The highest BCUT2D eigenvalue weighted by Crippen LogP contribution is 2.43. The SMILES string of the molecule is COc1cc(OC)c(-c2cc(-c3ccccn3)nc(OC)c2C#N)cc1OC. The number of methoxy groups -OCH3 is 4. The summed E-state index contributed by atoms with van der Waals surface area (Å²) in [4.78, 5) is 8.79. The smallest absolute Gasteiger partial charge is 0.232 e. The van der Waals surface area contributed by atoms with E-state index in [2.05, 4.69) is 16.0 Å². The second kappa shape index (κ2) is 8.27. The molecular formula is C21H19N3O4. The van der Waals surface area contributed by atoms with Crippen molar-refractivity contribution in [1.29, 1.82) is 5.26 Å². The lowest BCUT2D eigenvalue weighted by Crippen LogP contribution is -2.00. The molecule has 0 spiro atoms. The van der Waals surface area contributed by atoms with Gasteiger partial charge in [0.15, 0.2) is 11.5 Å². The third-order valence-corrected chi connectivity index (χ3v) is 4.21. The molecule has 142 valence electrons.